The van der Waals surface area contributed by atoms with Gasteiger partial charge in [0.15, 0.2) is 0 Å². The average Bonchev–Trinajstić information content (AvgIpc) is 3.43. The zero-order valence-corrected chi connectivity index (χ0v) is 22.7. The van der Waals surface area contributed by atoms with Gasteiger partial charge < -0.3 is 20.1 Å². The Balaban J connectivity index is 1.56. The summed E-state index contributed by atoms with van der Waals surface area (Å²) in [6, 6.07) is 12.4. The summed E-state index contributed by atoms with van der Waals surface area (Å²) < 4.78 is 4.24. The Morgan fingerprint density at radius 3 is 2.59 bits per heavy atom. The van der Waals surface area contributed by atoms with Crippen molar-refractivity contribution in [1.82, 2.24) is 4.90 Å². The van der Waals surface area contributed by atoms with Gasteiger partial charge in [-0.25, -0.2) is 0 Å². The summed E-state index contributed by atoms with van der Waals surface area (Å²) in [5, 5.41) is 15.5. The molecule has 3 aliphatic rings. The first kappa shape index (κ1) is 26.0. The van der Waals surface area contributed by atoms with Crippen LogP contribution in [0.2, 0.25) is 0 Å². The van der Waals surface area contributed by atoms with Crippen molar-refractivity contribution in [3.8, 4) is 0 Å². The Morgan fingerprint density at radius 2 is 1.92 bits per heavy atom. The minimum absolute atomic E-state index is 0.215. The predicted octanol–water partition coefficient (Wildman–Crippen LogP) is 4.23. The lowest BCUT2D eigenvalue weighted by molar-refractivity contribution is -0.155. The van der Waals surface area contributed by atoms with E-state index >= 15 is 0 Å². The third-order valence-electron chi connectivity index (χ3n) is 8.37. The standard InChI is InChI=1S/C29H36N2O5S/c1-5-36-27(35)23-22-26(34)31(21(16-32)14-17(2)3)24(29(22)13-12-28(23,4)37-29)25(33)30-20-11-10-18-8-6-7-9-19(18)15-20/h6-11,15,17,21-24,32H,5,12-14,16H2,1-4H3,(H,30,33)/t21-,22+,23+,24?,28-,29?/m1/s1. The van der Waals surface area contributed by atoms with Gasteiger partial charge in [0.25, 0.3) is 0 Å². The van der Waals surface area contributed by atoms with Crippen LogP contribution in [-0.2, 0) is 19.1 Å². The summed E-state index contributed by atoms with van der Waals surface area (Å²) in [7, 11) is 0. The number of esters is 1. The van der Waals surface area contributed by atoms with Crippen LogP contribution in [-0.4, -0.2) is 62.6 Å². The summed E-state index contributed by atoms with van der Waals surface area (Å²) in [6.45, 7) is 7.87. The Morgan fingerprint density at radius 1 is 1.19 bits per heavy atom. The molecule has 2 unspecified atom stereocenters. The Hall–Kier alpha value is -2.58. The van der Waals surface area contributed by atoms with E-state index < -0.39 is 33.4 Å². The molecule has 2 N–H and O–H groups in total. The molecule has 3 heterocycles. The molecule has 6 atom stereocenters. The van der Waals surface area contributed by atoms with Crippen LogP contribution in [0.25, 0.3) is 10.8 Å². The number of thioether (sulfide) groups is 1. The number of likely N-dealkylation sites (tertiary alicyclic amines) is 1. The fourth-order valence-electron chi connectivity index (χ4n) is 6.94. The first-order valence-corrected chi connectivity index (χ1v) is 14.1. The van der Waals surface area contributed by atoms with Gasteiger partial charge in [0.1, 0.15) is 6.04 Å². The molecule has 198 valence electrons. The number of carbonyl (C=O) groups is 3. The monoisotopic (exact) mass is 524 g/mol. The number of rotatable bonds is 8. The topological polar surface area (TPSA) is 95.9 Å². The molecule has 0 aromatic heterocycles. The van der Waals surface area contributed by atoms with Gasteiger partial charge in [-0.2, -0.15) is 0 Å². The number of nitrogens with one attached hydrogen (secondary N) is 1. The fourth-order valence-corrected chi connectivity index (χ4v) is 9.28. The Labute approximate surface area is 222 Å². The van der Waals surface area contributed by atoms with E-state index in [0.29, 0.717) is 18.5 Å². The van der Waals surface area contributed by atoms with E-state index in [1.807, 2.05) is 63.2 Å². The van der Waals surface area contributed by atoms with Crippen molar-refractivity contribution in [3.63, 3.8) is 0 Å². The van der Waals surface area contributed by atoms with Gasteiger partial charge in [0.2, 0.25) is 11.8 Å². The lowest BCUT2D eigenvalue weighted by Crippen LogP contribution is -2.55. The normalized spacial score (nSPS) is 31.1. The van der Waals surface area contributed by atoms with E-state index in [9.17, 15) is 19.5 Å². The summed E-state index contributed by atoms with van der Waals surface area (Å²) >= 11 is 1.61. The second-order valence-corrected chi connectivity index (χ2v) is 13.1. The lowest BCUT2D eigenvalue weighted by Gasteiger charge is -2.37. The first-order valence-electron chi connectivity index (χ1n) is 13.2. The van der Waals surface area contributed by atoms with Gasteiger partial charge in [0, 0.05) is 10.4 Å². The molecule has 3 fully saturated rings. The quantitative estimate of drug-likeness (QED) is 0.502. The molecule has 2 aromatic carbocycles. The number of hydrogen-bond donors (Lipinski definition) is 2. The number of fused-ring (bicyclic) bond motifs is 2. The minimum atomic E-state index is -0.793. The van der Waals surface area contributed by atoms with Gasteiger partial charge in [-0.15, -0.1) is 11.8 Å². The van der Waals surface area contributed by atoms with Crippen LogP contribution in [0.15, 0.2) is 42.5 Å². The molecular formula is C29H36N2O5S. The molecule has 1 spiro atoms. The van der Waals surface area contributed by atoms with Gasteiger partial charge >= 0.3 is 5.97 Å². The Kier molecular flexibility index (Phi) is 6.77. The highest BCUT2D eigenvalue weighted by Gasteiger charge is 2.78. The van der Waals surface area contributed by atoms with Crippen molar-refractivity contribution in [3.05, 3.63) is 42.5 Å². The number of hydrogen-bond acceptors (Lipinski definition) is 6. The largest absolute Gasteiger partial charge is 0.466 e. The molecule has 8 heteroatoms. The van der Waals surface area contributed by atoms with Crippen LogP contribution >= 0.6 is 11.8 Å². The number of carbonyl (C=O) groups excluding carboxylic acids is 3. The number of benzene rings is 2. The van der Waals surface area contributed by atoms with Gasteiger partial charge in [-0.3, -0.25) is 14.4 Å². The molecule has 0 aliphatic carbocycles. The van der Waals surface area contributed by atoms with Crippen molar-refractivity contribution in [2.24, 2.45) is 17.8 Å². The van der Waals surface area contributed by atoms with Crippen molar-refractivity contribution in [1.29, 1.82) is 0 Å². The van der Waals surface area contributed by atoms with Crippen molar-refractivity contribution >= 4 is 46.0 Å². The highest BCUT2D eigenvalue weighted by atomic mass is 32.2. The molecule has 2 aromatic rings. The maximum absolute atomic E-state index is 14.2. The summed E-state index contributed by atoms with van der Waals surface area (Å²) in [6.07, 6.45) is 1.95. The summed E-state index contributed by atoms with van der Waals surface area (Å²) in [5.74, 6) is -1.89. The summed E-state index contributed by atoms with van der Waals surface area (Å²) in [4.78, 5) is 43.1. The zero-order valence-electron chi connectivity index (χ0n) is 21.9. The predicted molar refractivity (Wildman–Crippen MR) is 145 cm³/mol. The number of aliphatic hydroxyl groups excluding tert-OH is 1. The molecule has 0 radical (unpaired) electrons. The lowest BCUT2D eigenvalue weighted by atomic mass is 9.66. The molecule has 5 rings (SSSR count). The number of ether oxygens (including phenoxy) is 1. The zero-order chi connectivity index (χ0) is 26.5. The van der Waals surface area contributed by atoms with E-state index in [0.717, 1.165) is 17.2 Å². The van der Waals surface area contributed by atoms with Crippen molar-refractivity contribution in [2.45, 2.75) is 68.5 Å². The smallest absolute Gasteiger partial charge is 0.311 e. The molecule has 0 saturated carbocycles. The fraction of sp³-hybridized carbons (Fsp3) is 0.552. The highest BCUT2D eigenvalue weighted by Crippen LogP contribution is 2.71. The third kappa shape index (κ3) is 4.13. The second-order valence-electron chi connectivity index (χ2n) is 11.2. The van der Waals surface area contributed by atoms with E-state index in [2.05, 4.69) is 5.32 Å². The number of nitrogens with zero attached hydrogens (tertiary/aromatic N) is 1. The van der Waals surface area contributed by atoms with E-state index in [4.69, 9.17) is 4.74 Å². The molecule has 3 saturated heterocycles. The van der Waals surface area contributed by atoms with Crippen LogP contribution in [0.5, 0.6) is 0 Å². The molecule has 3 aliphatic heterocycles. The number of aliphatic hydroxyl groups is 1. The first-order chi connectivity index (χ1) is 17.6. The van der Waals surface area contributed by atoms with Crippen LogP contribution < -0.4 is 5.32 Å². The van der Waals surface area contributed by atoms with Gasteiger partial charge in [0.05, 0.1) is 35.8 Å². The van der Waals surface area contributed by atoms with Crippen LogP contribution in [0.1, 0.15) is 47.0 Å². The van der Waals surface area contributed by atoms with Crippen LogP contribution in [0.4, 0.5) is 5.69 Å². The molecular weight excluding hydrogens is 488 g/mol. The Bertz CT molecular complexity index is 1230. The van der Waals surface area contributed by atoms with Gasteiger partial charge in [-0.1, -0.05) is 44.2 Å². The van der Waals surface area contributed by atoms with Crippen molar-refractivity contribution in [2.75, 3.05) is 18.5 Å². The number of amides is 2. The number of anilines is 1. The highest BCUT2D eigenvalue weighted by molar-refractivity contribution is 8.02. The molecule has 7 nitrogen and oxygen atoms in total. The van der Waals surface area contributed by atoms with Crippen molar-refractivity contribution < 1.29 is 24.2 Å². The minimum Gasteiger partial charge on any atom is -0.466 e. The summed E-state index contributed by atoms with van der Waals surface area (Å²) in [5.41, 5.74) is 0.658. The maximum Gasteiger partial charge on any atom is 0.311 e. The molecule has 37 heavy (non-hydrogen) atoms. The van der Waals surface area contributed by atoms with Crippen LogP contribution in [0, 0.1) is 17.8 Å². The van der Waals surface area contributed by atoms with E-state index in [-0.39, 0.29) is 36.9 Å². The van der Waals surface area contributed by atoms with E-state index in [1.54, 1.807) is 23.6 Å². The average molecular weight is 525 g/mol. The van der Waals surface area contributed by atoms with E-state index in [1.165, 1.54) is 0 Å². The van der Waals surface area contributed by atoms with Gasteiger partial charge in [-0.05, 0) is 61.9 Å². The maximum atomic E-state index is 14.2. The molecule has 2 amide bonds. The molecule has 2 bridgehead atoms. The second kappa shape index (κ2) is 9.62. The SMILES string of the molecule is CCOC(=O)[C@@H]1[C@H]2C(=O)N([C@@H](CO)CC(C)C)C(C(=O)Nc3ccc4ccccc4c3)C23CC[C@@]1(C)S3. The third-order valence-corrected chi connectivity index (χ3v) is 10.4. The van der Waals surface area contributed by atoms with Crippen LogP contribution in [0.3, 0.4) is 0 Å².